The van der Waals surface area contributed by atoms with Gasteiger partial charge in [0, 0.05) is 62.3 Å². The minimum Gasteiger partial charge on any atom is -0.492 e. The molecule has 3 heterocycles. The number of amides is 1. The van der Waals surface area contributed by atoms with Gasteiger partial charge in [-0.25, -0.2) is 4.79 Å². The highest BCUT2D eigenvalue weighted by atomic mass is 16.7. The molecule has 3 aromatic carbocycles. The Labute approximate surface area is 268 Å². The average molecular weight is 613 g/mol. The van der Waals surface area contributed by atoms with E-state index in [4.69, 9.17) is 18.9 Å². The van der Waals surface area contributed by atoms with Gasteiger partial charge in [-0.3, -0.25) is 0 Å². The Balaban J connectivity index is 1.15. The predicted octanol–water partition coefficient (Wildman–Crippen LogP) is 7.98. The SMILES string of the molecule is CN(CC1CCN(c2ccc(C3c4ccc(OC5CCCCO5)cc4OC[C@@H]3c3ccccc3)cc2)CC1)C(=O)OC(C)(C)C. The van der Waals surface area contributed by atoms with Crippen molar-refractivity contribution in [2.45, 2.75) is 76.6 Å². The first kappa shape index (κ1) is 31.3. The largest absolute Gasteiger partial charge is 0.492 e. The lowest BCUT2D eigenvalue weighted by atomic mass is 9.76. The molecule has 240 valence electrons. The van der Waals surface area contributed by atoms with Crippen LogP contribution in [0.1, 0.15) is 81.4 Å². The second-order valence-corrected chi connectivity index (χ2v) is 13.8. The number of hydrogen-bond donors (Lipinski definition) is 0. The lowest BCUT2D eigenvalue weighted by molar-refractivity contribution is -0.106. The molecule has 0 N–H and O–H groups in total. The summed E-state index contributed by atoms with van der Waals surface area (Å²) < 4.78 is 23.9. The molecule has 0 saturated carbocycles. The van der Waals surface area contributed by atoms with Gasteiger partial charge in [0.1, 0.15) is 17.1 Å². The van der Waals surface area contributed by atoms with Crippen molar-refractivity contribution in [2.24, 2.45) is 5.92 Å². The summed E-state index contributed by atoms with van der Waals surface area (Å²) in [6, 6.07) is 26.2. The van der Waals surface area contributed by atoms with E-state index in [2.05, 4.69) is 71.6 Å². The van der Waals surface area contributed by atoms with E-state index >= 15 is 0 Å². The van der Waals surface area contributed by atoms with Crippen molar-refractivity contribution in [2.75, 3.05) is 44.8 Å². The van der Waals surface area contributed by atoms with Gasteiger partial charge in [0.15, 0.2) is 6.29 Å². The summed E-state index contributed by atoms with van der Waals surface area (Å²) in [6.07, 6.45) is 4.82. The molecule has 0 aromatic heterocycles. The molecule has 6 rings (SSSR count). The van der Waals surface area contributed by atoms with Crippen LogP contribution in [-0.4, -0.2) is 62.8 Å². The summed E-state index contributed by atoms with van der Waals surface area (Å²) in [5.74, 6) is 2.54. The molecule has 0 radical (unpaired) electrons. The molecule has 2 saturated heterocycles. The number of benzene rings is 3. The maximum absolute atomic E-state index is 12.4. The summed E-state index contributed by atoms with van der Waals surface area (Å²) >= 11 is 0. The van der Waals surface area contributed by atoms with E-state index in [9.17, 15) is 4.79 Å². The Morgan fingerprint density at radius 2 is 1.69 bits per heavy atom. The highest BCUT2D eigenvalue weighted by Gasteiger charge is 2.34. The van der Waals surface area contributed by atoms with Crippen molar-refractivity contribution < 1.29 is 23.7 Å². The van der Waals surface area contributed by atoms with Gasteiger partial charge in [0.05, 0.1) is 13.2 Å². The summed E-state index contributed by atoms with van der Waals surface area (Å²) in [5, 5.41) is 0. The number of hydrogen-bond acceptors (Lipinski definition) is 6. The van der Waals surface area contributed by atoms with Gasteiger partial charge >= 0.3 is 6.09 Å². The fourth-order valence-corrected chi connectivity index (χ4v) is 6.89. The lowest BCUT2D eigenvalue weighted by Crippen LogP contribution is -2.41. The van der Waals surface area contributed by atoms with Crippen LogP contribution in [0.5, 0.6) is 11.5 Å². The van der Waals surface area contributed by atoms with Crippen LogP contribution < -0.4 is 14.4 Å². The van der Waals surface area contributed by atoms with E-state index < -0.39 is 5.60 Å². The zero-order valence-electron chi connectivity index (χ0n) is 27.2. The summed E-state index contributed by atoms with van der Waals surface area (Å²) in [7, 11) is 1.84. The third-order valence-electron chi connectivity index (χ3n) is 9.24. The zero-order valence-corrected chi connectivity index (χ0v) is 27.2. The first-order valence-corrected chi connectivity index (χ1v) is 16.6. The van der Waals surface area contributed by atoms with E-state index in [0.29, 0.717) is 12.5 Å². The van der Waals surface area contributed by atoms with E-state index in [1.54, 1.807) is 4.90 Å². The number of anilines is 1. The van der Waals surface area contributed by atoms with Crippen LogP contribution in [0.3, 0.4) is 0 Å². The van der Waals surface area contributed by atoms with Gasteiger partial charge < -0.3 is 28.7 Å². The van der Waals surface area contributed by atoms with Crippen molar-refractivity contribution in [3.8, 4) is 11.5 Å². The number of carbonyl (C=O) groups is 1. The van der Waals surface area contributed by atoms with E-state index in [0.717, 1.165) is 69.8 Å². The van der Waals surface area contributed by atoms with Gasteiger partial charge in [-0.2, -0.15) is 0 Å². The molecular formula is C38H48N2O5. The molecule has 3 aliphatic rings. The molecule has 0 bridgehead atoms. The van der Waals surface area contributed by atoms with E-state index in [1.807, 2.05) is 33.9 Å². The van der Waals surface area contributed by atoms with E-state index in [1.165, 1.54) is 22.4 Å². The third kappa shape index (κ3) is 7.75. The second kappa shape index (κ2) is 13.7. The molecule has 3 aliphatic heterocycles. The fraction of sp³-hybridized carbons (Fsp3) is 0.500. The molecule has 1 amide bonds. The molecule has 7 heteroatoms. The molecule has 3 aromatic rings. The Hall–Kier alpha value is -3.71. The number of nitrogens with zero attached hydrogens (tertiary/aromatic N) is 2. The van der Waals surface area contributed by atoms with Crippen LogP contribution in [0.4, 0.5) is 10.5 Å². The summed E-state index contributed by atoms with van der Waals surface area (Å²) in [6.45, 7) is 9.77. The van der Waals surface area contributed by atoms with Crippen molar-refractivity contribution in [3.63, 3.8) is 0 Å². The van der Waals surface area contributed by atoms with Gasteiger partial charge in [0.2, 0.25) is 0 Å². The maximum Gasteiger partial charge on any atom is 0.410 e. The van der Waals surface area contributed by atoms with Gasteiger partial charge in [-0.1, -0.05) is 48.5 Å². The minimum atomic E-state index is -0.476. The molecule has 45 heavy (non-hydrogen) atoms. The van der Waals surface area contributed by atoms with Crippen molar-refractivity contribution in [1.82, 2.24) is 4.90 Å². The first-order chi connectivity index (χ1) is 21.7. The molecule has 7 nitrogen and oxygen atoms in total. The molecule has 2 unspecified atom stereocenters. The van der Waals surface area contributed by atoms with Crippen LogP contribution in [0, 0.1) is 5.92 Å². The molecular weight excluding hydrogens is 564 g/mol. The number of piperidine rings is 1. The fourth-order valence-electron chi connectivity index (χ4n) is 6.89. The van der Waals surface area contributed by atoms with Gasteiger partial charge in [0.25, 0.3) is 0 Å². The maximum atomic E-state index is 12.4. The van der Waals surface area contributed by atoms with Crippen molar-refractivity contribution in [1.29, 1.82) is 0 Å². The Morgan fingerprint density at radius 3 is 2.38 bits per heavy atom. The minimum absolute atomic E-state index is 0.166. The quantitative estimate of drug-likeness (QED) is 0.270. The molecule has 2 fully saturated rings. The van der Waals surface area contributed by atoms with E-state index in [-0.39, 0.29) is 24.2 Å². The average Bonchev–Trinajstić information content (AvgIpc) is 3.05. The number of fused-ring (bicyclic) bond motifs is 1. The lowest BCUT2D eigenvalue weighted by Gasteiger charge is -2.36. The van der Waals surface area contributed by atoms with Crippen molar-refractivity contribution in [3.05, 3.63) is 89.5 Å². The number of rotatable bonds is 7. The topological polar surface area (TPSA) is 60.5 Å². The van der Waals surface area contributed by atoms with Gasteiger partial charge in [-0.15, -0.1) is 0 Å². The normalized spacial score (nSPS) is 22.2. The standard InChI is InChI=1S/C38H48N2O5/c1-38(2,3)45-37(41)39(4)25-27-19-21-40(22-20-27)30-15-13-29(14-16-30)36-32-18-17-31(44-35-12-8-9-23-42-35)24-34(32)43-26-33(36)28-10-6-5-7-11-28/h5-7,10-11,13-18,24,27,33,35-36H,8-9,12,19-23,25-26H2,1-4H3/t33-,35?,36?/m1/s1. The van der Waals surface area contributed by atoms with Crippen molar-refractivity contribution >= 4 is 11.8 Å². The monoisotopic (exact) mass is 612 g/mol. The summed E-state index contributed by atoms with van der Waals surface area (Å²) in [4.78, 5) is 16.6. The van der Waals surface area contributed by atoms with Gasteiger partial charge in [-0.05, 0) is 81.7 Å². The number of carbonyl (C=O) groups excluding carboxylic acids is 1. The Bertz CT molecular complexity index is 1410. The summed E-state index contributed by atoms with van der Waals surface area (Å²) in [5.41, 5.74) is 4.53. The highest BCUT2D eigenvalue weighted by Crippen LogP contribution is 2.47. The third-order valence-corrected chi connectivity index (χ3v) is 9.24. The van der Waals surface area contributed by atoms with Crippen LogP contribution in [0.25, 0.3) is 0 Å². The molecule has 3 atom stereocenters. The van der Waals surface area contributed by atoms with Crippen LogP contribution in [0.15, 0.2) is 72.8 Å². The highest BCUT2D eigenvalue weighted by molar-refractivity contribution is 5.67. The second-order valence-electron chi connectivity index (χ2n) is 13.8. The predicted molar refractivity (Wildman–Crippen MR) is 177 cm³/mol. The molecule has 0 aliphatic carbocycles. The first-order valence-electron chi connectivity index (χ1n) is 16.6. The Kier molecular flexibility index (Phi) is 9.55. The molecule has 0 spiro atoms. The van der Waals surface area contributed by atoms with Crippen LogP contribution >= 0.6 is 0 Å². The smallest absolute Gasteiger partial charge is 0.410 e. The van der Waals surface area contributed by atoms with Crippen LogP contribution in [0.2, 0.25) is 0 Å². The van der Waals surface area contributed by atoms with Crippen LogP contribution in [-0.2, 0) is 9.47 Å². The zero-order chi connectivity index (χ0) is 31.4. The Morgan fingerprint density at radius 1 is 0.933 bits per heavy atom. The number of ether oxygens (including phenoxy) is 4.